The molecule has 0 saturated carbocycles. The molecule has 3 amide bonds. The molecule has 3 N–H and O–H groups in total. The number of furan rings is 1. The minimum Gasteiger partial charge on any atom is -0.455 e. The van der Waals surface area contributed by atoms with Crippen LogP contribution < -0.4 is 16.3 Å². The van der Waals surface area contributed by atoms with Crippen molar-refractivity contribution in [3.63, 3.8) is 0 Å². The van der Waals surface area contributed by atoms with Gasteiger partial charge in [-0.25, -0.2) is 9.82 Å². The summed E-state index contributed by atoms with van der Waals surface area (Å²) >= 11 is 0. The van der Waals surface area contributed by atoms with Crippen LogP contribution in [0.15, 0.2) is 58.3 Å². The number of aromatic nitrogens is 1. The number of rotatable bonds is 4. The van der Waals surface area contributed by atoms with Gasteiger partial charge in [0.1, 0.15) is 11.6 Å². The Morgan fingerprint density at radius 2 is 1.73 bits per heavy atom. The van der Waals surface area contributed by atoms with Crippen LogP contribution >= 0.6 is 0 Å². The van der Waals surface area contributed by atoms with E-state index in [0.29, 0.717) is 41.0 Å². The number of amides is 3. The zero-order valence-electron chi connectivity index (χ0n) is 17.6. The summed E-state index contributed by atoms with van der Waals surface area (Å²) in [4.78, 5) is 40.9. The van der Waals surface area contributed by atoms with E-state index in [0.717, 1.165) is 12.5 Å². The fourth-order valence-corrected chi connectivity index (χ4v) is 3.57. The molecule has 1 aliphatic rings. The van der Waals surface area contributed by atoms with E-state index in [9.17, 15) is 18.8 Å². The van der Waals surface area contributed by atoms with E-state index >= 15 is 0 Å². The van der Waals surface area contributed by atoms with Crippen molar-refractivity contribution in [3.8, 4) is 0 Å². The predicted molar refractivity (Wildman–Crippen MR) is 116 cm³/mol. The third kappa shape index (κ3) is 4.64. The molecular weight excluding hydrogens is 429 g/mol. The molecule has 168 valence electrons. The molecule has 3 aromatic rings. The van der Waals surface area contributed by atoms with Gasteiger partial charge in [-0.15, -0.1) is 0 Å². The van der Waals surface area contributed by atoms with Crippen LogP contribution in [0.4, 0.5) is 4.39 Å². The van der Waals surface area contributed by atoms with Crippen molar-refractivity contribution >= 4 is 23.4 Å². The fraction of sp³-hybridized carbons (Fsp3) is 0.174. The Bertz CT molecular complexity index is 1250. The van der Waals surface area contributed by atoms with Crippen LogP contribution in [0.25, 0.3) is 0 Å². The lowest BCUT2D eigenvalue weighted by atomic mass is 9.93. The number of aryl methyl sites for hydroxylation is 1. The van der Waals surface area contributed by atoms with Crippen LogP contribution in [0.5, 0.6) is 0 Å². The lowest BCUT2D eigenvalue weighted by Gasteiger charge is -2.13. The second kappa shape index (κ2) is 9.43. The lowest BCUT2D eigenvalue weighted by Crippen LogP contribution is -2.42. The highest BCUT2D eigenvalue weighted by molar-refractivity contribution is 6.07. The Morgan fingerprint density at radius 3 is 2.48 bits per heavy atom. The van der Waals surface area contributed by atoms with Crippen LogP contribution in [0.1, 0.15) is 61.0 Å². The highest BCUT2D eigenvalue weighted by Crippen LogP contribution is 2.29. The van der Waals surface area contributed by atoms with E-state index in [1.54, 1.807) is 19.1 Å². The second-order valence-corrected chi connectivity index (χ2v) is 7.33. The van der Waals surface area contributed by atoms with E-state index in [1.165, 1.54) is 30.6 Å². The molecule has 0 unspecified atom stereocenters. The number of hydrazine groups is 1. The zero-order valence-corrected chi connectivity index (χ0v) is 17.6. The van der Waals surface area contributed by atoms with Crippen LogP contribution in [-0.4, -0.2) is 28.4 Å². The average molecular weight is 449 g/mol. The Morgan fingerprint density at radius 1 is 1.00 bits per heavy atom. The first-order valence-corrected chi connectivity index (χ1v) is 10.2. The van der Waals surface area contributed by atoms with E-state index in [4.69, 9.17) is 4.42 Å². The standard InChI is InChI=1S/C23H20FN5O4/c1-13-19-17(26-27-21(30)14-9-11-25-12-10-14)7-4-8-18(19)33-20(13)23(32)29-28-22(31)15-5-2-3-6-16(15)24/h2-3,5-6,9-12H,4,7-8H2,1H3,(H,27,30)(H,28,31)(H,29,32)/b26-17+. The molecule has 0 bridgehead atoms. The number of carbonyl (C=O) groups is 3. The van der Waals surface area contributed by atoms with Gasteiger partial charge in [0, 0.05) is 35.5 Å². The van der Waals surface area contributed by atoms with Gasteiger partial charge in [-0.2, -0.15) is 5.10 Å². The topological polar surface area (TPSA) is 126 Å². The molecule has 9 nitrogen and oxygen atoms in total. The van der Waals surface area contributed by atoms with Crippen molar-refractivity contribution in [2.45, 2.75) is 26.2 Å². The van der Waals surface area contributed by atoms with Gasteiger partial charge in [0.15, 0.2) is 5.76 Å². The highest BCUT2D eigenvalue weighted by Gasteiger charge is 2.28. The number of nitrogens with one attached hydrogen (secondary N) is 3. The number of carbonyl (C=O) groups excluding carboxylic acids is 3. The maximum atomic E-state index is 13.7. The first-order valence-electron chi connectivity index (χ1n) is 10.2. The monoisotopic (exact) mass is 449 g/mol. The number of pyridine rings is 1. The summed E-state index contributed by atoms with van der Waals surface area (Å²) < 4.78 is 19.5. The van der Waals surface area contributed by atoms with Gasteiger partial charge < -0.3 is 4.42 Å². The van der Waals surface area contributed by atoms with Gasteiger partial charge in [0.25, 0.3) is 11.8 Å². The minimum atomic E-state index is -0.795. The molecule has 2 aromatic heterocycles. The summed E-state index contributed by atoms with van der Waals surface area (Å²) in [6.07, 6.45) is 4.94. The van der Waals surface area contributed by atoms with Crippen LogP contribution in [0.2, 0.25) is 0 Å². The molecule has 0 radical (unpaired) electrons. The molecule has 1 aromatic carbocycles. The van der Waals surface area contributed by atoms with Crippen molar-refractivity contribution in [3.05, 3.63) is 88.4 Å². The van der Waals surface area contributed by atoms with E-state index in [-0.39, 0.29) is 17.2 Å². The maximum Gasteiger partial charge on any atom is 0.305 e. The molecule has 10 heteroatoms. The molecule has 33 heavy (non-hydrogen) atoms. The Labute approximate surface area is 188 Å². The quantitative estimate of drug-likeness (QED) is 0.528. The van der Waals surface area contributed by atoms with Gasteiger partial charge in [0.05, 0.1) is 11.3 Å². The largest absolute Gasteiger partial charge is 0.455 e. The third-order valence-electron chi connectivity index (χ3n) is 5.17. The first-order chi connectivity index (χ1) is 16.0. The predicted octanol–water partition coefficient (Wildman–Crippen LogP) is 2.67. The van der Waals surface area contributed by atoms with Crippen molar-refractivity contribution in [2.24, 2.45) is 5.10 Å². The molecule has 0 atom stereocenters. The average Bonchev–Trinajstić information content (AvgIpc) is 3.18. The zero-order chi connectivity index (χ0) is 23.4. The number of hydrogen-bond acceptors (Lipinski definition) is 6. The number of fused-ring (bicyclic) bond motifs is 1. The van der Waals surface area contributed by atoms with Gasteiger partial charge in [-0.05, 0) is 44.0 Å². The Hall–Kier alpha value is -4.34. The third-order valence-corrected chi connectivity index (χ3v) is 5.17. The minimum absolute atomic E-state index is 0.00361. The van der Waals surface area contributed by atoms with Gasteiger partial charge in [0.2, 0.25) is 0 Å². The number of nitrogens with zero attached hydrogens (tertiary/aromatic N) is 2. The van der Waals surface area contributed by atoms with Gasteiger partial charge in [-0.1, -0.05) is 12.1 Å². The second-order valence-electron chi connectivity index (χ2n) is 7.33. The summed E-state index contributed by atoms with van der Waals surface area (Å²) in [5, 5.41) is 4.25. The van der Waals surface area contributed by atoms with E-state index < -0.39 is 17.6 Å². The first kappa shape index (κ1) is 21.9. The van der Waals surface area contributed by atoms with Crippen molar-refractivity contribution < 1.29 is 23.2 Å². The van der Waals surface area contributed by atoms with Crippen molar-refractivity contribution in [1.82, 2.24) is 21.3 Å². The van der Waals surface area contributed by atoms with E-state index in [1.807, 2.05) is 0 Å². The number of benzene rings is 1. The van der Waals surface area contributed by atoms with Crippen LogP contribution in [0, 0.1) is 12.7 Å². The van der Waals surface area contributed by atoms with Crippen LogP contribution in [0.3, 0.4) is 0 Å². The summed E-state index contributed by atoms with van der Waals surface area (Å²) in [5.74, 6) is -2.00. The number of halogens is 1. The SMILES string of the molecule is Cc1c(C(=O)NNC(=O)c2ccccc2F)oc2c1/C(=N/NC(=O)c1ccncc1)CCC2. The maximum absolute atomic E-state index is 13.7. The smallest absolute Gasteiger partial charge is 0.305 e. The molecule has 2 heterocycles. The lowest BCUT2D eigenvalue weighted by molar-refractivity contribution is 0.0827. The normalized spacial score (nSPS) is 13.8. The molecular formula is C23H20FN5O4. The summed E-state index contributed by atoms with van der Waals surface area (Å²) in [6.45, 7) is 1.70. The molecule has 1 aliphatic carbocycles. The van der Waals surface area contributed by atoms with Gasteiger partial charge in [-0.3, -0.25) is 30.2 Å². The van der Waals surface area contributed by atoms with Crippen molar-refractivity contribution in [1.29, 1.82) is 0 Å². The summed E-state index contributed by atoms with van der Waals surface area (Å²) in [5.41, 5.74) is 8.95. The fourth-order valence-electron chi connectivity index (χ4n) is 3.57. The van der Waals surface area contributed by atoms with Crippen molar-refractivity contribution in [2.75, 3.05) is 0 Å². The molecule has 0 fully saturated rings. The molecule has 0 spiro atoms. The van der Waals surface area contributed by atoms with Crippen LogP contribution in [-0.2, 0) is 6.42 Å². The number of hydrazone groups is 1. The molecule has 4 rings (SSSR count). The molecule has 0 aliphatic heterocycles. The Balaban J connectivity index is 1.49. The highest BCUT2D eigenvalue weighted by atomic mass is 19.1. The molecule has 0 saturated heterocycles. The summed E-state index contributed by atoms with van der Waals surface area (Å²) in [7, 11) is 0. The summed E-state index contributed by atoms with van der Waals surface area (Å²) in [6, 6.07) is 8.57. The van der Waals surface area contributed by atoms with E-state index in [2.05, 4.69) is 26.4 Å². The van der Waals surface area contributed by atoms with Gasteiger partial charge >= 0.3 is 5.91 Å². The Kier molecular flexibility index (Phi) is 6.25. The number of hydrogen-bond donors (Lipinski definition) is 3.